The summed E-state index contributed by atoms with van der Waals surface area (Å²) >= 11 is 0. The van der Waals surface area contributed by atoms with Gasteiger partial charge in [-0.2, -0.15) is 0 Å². The second kappa shape index (κ2) is 9.80. The van der Waals surface area contributed by atoms with Crippen LogP contribution in [0.3, 0.4) is 0 Å². The Hall–Kier alpha value is -3.80. The molecule has 2 aromatic heterocycles. The van der Waals surface area contributed by atoms with Gasteiger partial charge in [0.15, 0.2) is 0 Å². The molecule has 0 bridgehead atoms. The summed E-state index contributed by atoms with van der Waals surface area (Å²) in [6.07, 6.45) is 3.92. The molecule has 4 aromatic rings. The summed E-state index contributed by atoms with van der Waals surface area (Å²) in [7, 11) is 0. The zero-order valence-electron chi connectivity index (χ0n) is 17.5. The minimum absolute atomic E-state index is 0.187. The first kappa shape index (κ1) is 20.5. The van der Waals surface area contributed by atoms with Crippen molar-refractivity contribution in [3.05, 3.63) is 107 Å². The van der Waals surface area contributed by atoms with Crippen molar-refractivity contribution in [3.63, 3.8) is 0 Å². The minimum Gasteiger partial charge on any atom is -0.349 e. The molecule has 0 spiro atoms. The first-order chi connectivity index (χ1) is 15.2. The van der Waals surface area contributed by atoms with Crippen LogP contribution in [0.1, 0.15) is 33.3 Å². The van der Waals surface area contributed by atoms with E-state index in [0.717, 1.165) is 29.2 Å². The van der Waals surface area contributed by atoms with Gasteiger partial charge in [-0.25, -0.2) is 9.67 Å². The van der Waals surface area contributed by atoms with Crippen molar-refractivity contribution in [3.8, 4) is 5.69 Å². The lowest BCUT2D eigenvalue weighted by Gasteiger charge is -2.08. The quantitative estimate of drug-likeness (QED) is 0.480. The molecule has 2 heterocycles. The Morgan fingerprint density at radius 2 is 1.68 bits per heavy atom. The zero-order valence-corrected chi connectivity index (χ0v) is 17.5. The zero-order chi connectivity index (χ0) is 21.5. The van der Waals surface area contributed by atoms with Gasteiger partial charge in [-0.1, -0.05) is 54.6 Å². The molecule has 156 valence electrons. The van der Waals surface area contributed by atoms with E-state index in [1.807, 2.05) is 67.6 Å². The van der Waals surface area contributed by atoms with E-state index in [2.05, 4.69) is 32.5 Å². The third-order valence-electron chi connectivity index (χ3n) is 5.09. The number of benzene rings is 2. The molecule has 0 unspecified atom stereocenters. The molecular weight excluding hydrogens is 386 g/mol. The summed E-state index contributed by atoms with van der Waals surface area (Å²) < 4.78 is 1.80. The molecule has 0 saturated carbocycles. The van der Waals surface area contributed by atoms with Crippen LogP contribution in [0.25, 0.3) is 5.69 Å². The molecule has 2 aromatic carbocycles. The summed E-state index contributed by atoms with van der Waals surface area (Å²) in [5.74, 6) is 0.685. The molecule has 6 heteroatoms. The van der Waals surface area contributed by atoms with E-state index in [4.69, 9.17) is 0 Å². The number of aryl methyl sites for hydroxylation is 3. The average Bonchev–Trinajstić information content (AvgIpc) is 3.23. The molecule has 1 amide bonds. The lowest BCUT2D eigenvalue weighted by atomic mass is 10.1. The van der Waals surface area contributed by atoms with Crippen molar-refractivity contribution in [2.75, 3.05) is 6.54 Å². The van der Waals surface area contributed by atoms with Crippen LogP contribution in [0.4, 0.5) is 0 Å². The molecule has 4 rings (SSSR count). The highest BCUT2D eigenvalue weighted by molar-refractivity contribution is 5.90. The number of carbonyl (C=O) groups is 1. The predicted molar refractivity (Wildman–Crippen MR) is 120 cm³/mol. The second-order valence-corrected chi connectivity index (χ2v) is 7.36. The van der Waals surface area contributed by atoms with E-state index in [9.17, 15) is 4.79 Å². The topological polar surface area (TPSA) is 72.7 Å². The number of pyridine rings is 1. The molecule has 0 atom stereocenters. The van der Waals surface area contributed by atoms with E-state index < -0.39 is 0 Å². The Kier molecular flexibility index (Phi) is 6.47. The van der Waals surface area contributed by atoms with Crippen molar-refractivity contribution >= 4 is 5.91 Å². The Balaban J connectivity index is 1.52. The summed E-state index contributed by atoms with van der Waals surface area (Å²) in [6, 6.07) is 24.0. The highest BCUT2D eigenvalue weighted by Gasteiger charge is 2.18. The van der Waals surface area contributed by atoms with Gasteiger partial charge in [0.1, 0.15) is 5.82 Å². The summed E-state index contributed by atoms with van der Waals surface area (Å²) in [6.45, 7) is 2.51. The third kappa shape index (κ3) is 5.22. The second-order valence-electron chi connectivity index (χ2n) is 7.36. The van der Waals surface area contributed by atoms with Crippen molar-refractivity contribution in [2.24, 2.45) is 0 Å². The molecule has 0 radical (unpaired) electrons. The fraction of sp³-hybridized carbons (Fsp3) is 0.200. The van der Waals surface area contributed by atoms with Gasteiger partial charge in [0.25, 0.3) is 5.91 Å². The average molecular weight is 412 g/mol. The van der Waals surface area contributed by atoms with E-state index in [-0.39, 0.29) is 11.7 Å². The van der Waals surface area contributed by atoms with Crippen LogP contribution < -0.4 is 5.32 Å². The number of carbonyl (C=O) groups excluding carboxylic acids is 1. The summed E-state index contributed by atoms with van der Waals surface area (Å²) in [4.78, 5) is 21.6. The smallest absolute Gasteiger partial charge is 0.290 e. The van der Waals surface area contributed by atoms with E-state index in [0.29, 0.717) is 19.4 Å². The van der Waals surface area contributed by atoms with Crippen LogP contribution in [0.2, 0.25) is 0 Å². The van der Waals surface area contributed by atoms with Gasteiger partial charge in [-0.15, -0.1) is 5.10 Å². The molecule has 0 aliphatic heterocycles. The van der Waals surface area contributed by atoms with Gasteiger partial charge >= 0.3 is 0 Å². The van der Waals surface area contributed by atoms with Crippen molar-refractivity contribution in [1.29, 1.82) is 0 Å². The Morgan fingerprint density at radius 3 is 2.45 bits per heavy atom. The first-order valence-electron chi connectivity index (χ1n) is 10.4. The highest BCUT2D eigenvalue weighted by Crippen LogP contribution is 2.16. The van der Waals surface area contributed by atoms with Crippen LogP contribution in [0.5, 0.6) is 0 Å². The summed E-state index contributed by atoms with van der Waals surface area (Å²) in [5.41, 5.74) is 4.18. The van der Waals surface area contributed by atoms with Crippen molar-refractivity contribution in [1.82, 2.24) is 25.1 Å². The number of rotatable bonds is 8. The number of para-hydroxylation sites is 1. The van der Waals surface area contributed by atoms with E-state index in [1.54, 1.807) is 10.9 Å². The Labute approximate surface area is 182 Å². The lowest BCUT2D eigenvalue weighted by molar-refractivity contribution is 0.0943. The van der Waals surface area contributed by atoms with Gasteiger partial charge in [0.05, 0.1) is 5.69 Å². The maximum Gasteiger partial charge on any atom is 0.290 e. The Bertz CT molecular complexity index is 1140. The molecular formula is C25H25N5O. The molecule has 0 saturated heterocycles. The van der Waals surface area contributed by atoms with Crippen LogP contribution in [0, 0.1) is 6.92 Å². The predicted octanol–water partition coefficient (Wildman–Crippen LogP) is 3.73. The first-order valence-corrected chi connectivity index (χ1v) is 10.4. The third-order valence-corrected chi connectivity index (χ3v) is 5.09. The number of hydrogen-bond acceptors (Lipinski definition) is 4. The van der Waals surface area contributed by atoms with E-state index >= 15 is 0 Å². The van der Waals surface area contributed by atoms with Crippen molar-refractivity contribution in [2.45, 2.75) is 26.2 Å². The Morgan fingerprint density at radius 1 is 0.903 bits per heavy atom. The van der Waals surface area contributed by atoms with Crippen LogP contribution in [-0.2, 0) is 19.3 Å². The van der Waals surface area contributed by atoms with Gasteiger partial charge < -0.3 is 5.32 Å². The maximum absolute atomic E-state index is 12.7. The van der Waals surface area contributed by atoms with Gasteiger partial charge in [-0.3, -0.25) is 9.78 Å². The van der Waals surface area contributed by atoms with Crippen LogP contribution >= 0.6 is 0 Å². The SMILES string of the molecule is Cc1ccccc1-n1nc(C(=O)NCCc2ccccn2)nc1CCc1ccccc1. The fourth-order valence-electron chi connectivity index (χ4n) is 3.43. The highest BCUT2D eigenvalue weighted by atomic mass is 16.2. The number of hydrogen-bond donors (Lipinski definition) is 1. The molecule has 0 aliphatic carbocycles. The number of nitrogens with one attached hydrogen (secondary N) is 1. The van der Waals surface area contributed by atoms with Gasteiger partial charge in [0, 0.05) is 31.3 Å². The normalized spacial score (nSPS) is 10.7. The molecule has 31 heavy (non-hydrogen) atoms. The maximum atomic E-state index is 12.7. The van der Waals surface area contributed by atoms with Crippen molar-refractivity contribution < 1.29 is 4.79 Å². The minimum atomic E-state index is -0.274. The largest absolute Gasteiger partial charge is 0.349 e. The van der Waals surface area contributed by atoms with Gasteiger partial charge in [0.2, 0.25) is 5.82 Å². The van der Waals surface area contributed by atoms with Crippen LogP contribution in [-0.4, -0.2) is 32.2 Å². The summed E-state index contributed by atoms with van der Waals surface area (Å²) in [5, 5.41) is 7.47. The fourth-order valence-corrected chi connectivity index (χ4v) is 3.43. The number of aromatic nitrogens is 4. The van der Waals surface area contributed by atoms with Gasteiger partial charge in [-0.05, 0) is 42.7 Å². The standard InChI is InChI=1S/C25H25N5O/c1-19-9-5-6-13-22(19)30-23(15-14-20-10-3-2-4-11-20)28-24(29-30)25(31)27-18-16-21-12-7-8-17-26-21/h2-13,17H,14-16,18H2,1H3,(H,27,31). The number of nitrogens with zero attached hydrogens (tertiary/aromatic N) is 4. The monoisotopic (exact) mass is 411 g/mol. The number of amides is 1. The molecule has 0 fully saturated rings. The lowest BCUT2D eigenvalue weighted by Crippen LogP contribution is -2.27. The molecule has 1 N–H and O–H groups in total. The molecule has 0 aliphatic rings. The van der Waals surface area contributed by atoms with E-state index in [1.165, 1.54) is 5.56 Å². The molecule has 6 nitrogen and oxygen atoms in total. The van der Waals surface area contributed by atoms with Crippen LogP contribution in [0.15, 0.2) is 79.0 Å².